The van der Waals surface area contributed by atoms with Crippen molar-refractivity contribution < 1.29 is 0 Å². The summed E-state index contributed by atoms with van der Waals surface area (Å²) in [6.45, 7) is 2.11. The molecule has 0 aliphatic carbocycles. The van der Waals surface area contributed by atoms with Gasteiger partial charge in [0.2, 0.25) is 0 Å². The highest BCUT2D eigenvalue weighted by atomic mass is 32.2. The molecule has 1 aromatic rings. The highest BCUT2D eigenvalue weighted by Crippen LogP contribution is 2.29. The summed E-state index contributed by atoms with van der Waals surface area (Å²) in [6, 6.07) is 8.57. The number of para-hydroxylation sites is 1. The highest BCUT2D eigenvalue weighted by molar-refractivity contribution is 7.98. The molecule has 0 saturated carbocycles. The third kappa shape index (κ3) is 1.73. The predicted molar refractivity (Wildman–Crippen MR) is 59.6 cm³/mol. The molecule has 2 rings (SSSR count). The Morgan fingerprint density at radius 2 is 1.85 bits per heavy atom. The Kier molecular flexibility index (Phi) is 2.60. The van der Waals surface area contributed by atoms with Crippen molar-refractivity contribution in [3.63, 3.8) is 0 Å². The fraction of sp³-hybridized carbons (Fsp3) is 0.273. The molecule has 0 fully saturated rings. The van der Waals surface area contributed by atoms with Gasteiger partial charge in [-0.25, -0.2) is 0 Å². The zero-order chi connectivity index (χ0) is 9.10. The number of rotatable bonds is 2. The van der Waals surface area contributed by atoms with Gasteiger partial charge >= 0.3 is 0 Å². The Hall–Kier alpha value is -0.890. The molecule has 0 atom stereocenters. The van der Waals surface area contributed by atoms with Crippen LogP contribution in [0.5, 0.6) is 0 Å². The van der Waals surface area contributed by atoms with E-state index < -0.39 is 0 Å². The van der Waals surface area contributed by atoms with E-state index in [0.717, 1.165) is 13.1 Å². The minimum Gasteiger partial charge on any atom is -0.363 e. The summed E-state index contributed by atoms with van der Waals surface area (Å²) in [4.78, 5) is 3.75. The SMILES string of the molecule is CSc1ccccc1N1CC=CC1. The first-order valence-corrected chi connectivity index (χ1v) is 5.67. The van der Waals surface area contributed by atoms with E-state index in [1.54, 1.807) is 0 Å². The fourth-order valence-corrected chi connectivity index (χ4v) is 2.19. The highest BCUT2D eigenvalue weighted by Gasteiger charge is 2.10. The molecule has 0 spiro atoms. The largest absolute Gasteiger partial charge is 0.363 e. The Morgan fingerprint density at radius 1 is 1.15 bits per heavy atom. The molecular formula is C11H13NS. The molecule has 0 bridgehead atoms. The van der Waals surface area contributed by atoms with Crippen molar-refractivity contribution in [2.24, 2.45) is 0 Å². The van der Waals surface area contributed by atoms with Gasteiger partial charge < -0.3 is 4.90 Å². The maximum Gasteiger partial charge on any atom is 0.0509 e. The zero-order valence-electron chi connectivity index (χ0n) is 7.73. The van der Waals surface area contributed by atoms with E-state index in [0.29, 0.717) is 0 Å². The lowest BCUT2D eigenvalue weighted by molar-refractivity contribution is 0.987. The molecule has 1 nitrogen and oxygen atoms in total. The number of anilines is 1. The second-order valence-corrected chi connectivity index (χ2v) is 3.90. The Balaban J connectivity index is 2.27. The second kappa shape index (κ2) is 3.88. The van der Waals surface area contributed by atoms with E-state index in [1.807, 2.05) is 11.8 Å². The lowest BCUT2D eigenvalue weighted by atomic mass is 10.3. The van der Waals surface area contributed by atoms with Gasteiger partial charge in [0.05, 0.1) is 5.69 Å². The topological polar surface area (TPSA) is 3.24 Å². The quantitative estimate of drug-likeness (QED) is 0.522. The summed E-state index contributed by atoms with van der Waals surface area (Å²) in [5.74, 6) is 0. The molecule has 0 aromatic heterocycles. The molecule has 0 radical (unpaired) electrons. The van der Waals surface area contributed by atoms with Crippen LogP contribution < -0.4 is 4.90 Å². The standard InChI is InChI=1S/C11H13NS/c1-13-11-7-3-2-6-10(11)12-8-4-5-9-12/h2-7H,8-9H2,1H3. The van der Waals surface area contributed by atoms with Crippen LogP contribution in [0.1, 0.15) is 0 Å². The van der Waals surface area contributed by atoms with Crippen LogP contribution in [0.15, 0.2) is 41.3 Å². The van der Waals surface area contributed by atoms with Crippen LogP contribution in [0.25, 0.3) is 0 Å². The van der Waals surface area contributed by atoms with Crippen LogP contribution in [0, 0.1) is 0 Å². The van der Waals surface area contributed by atoms with E-state index in [1.165, 1.54) is 10.6 Å². The van der Waals surface area contributed by atoms with E-state index in [9.17, 15) is 0 Å². The number of hydrogen-bond donors (Lipinski definition) is 0. The van der Waals surface area contributed by atoms with Gasteiger partial charge in [-0.15, -0.1) is 11.8 Å². The van der Waals surface area contributed by atoms with Crippen molar-refractivity contribution in [1.82, 2.24) is 0 Å². The zero-order valence-corrected chi connectivity index (χ0v) is 8.55. The number of hydrogen-bond acceptors (Lipinski definition) is 2. The number of thioether (sulfide) groups is 1. The van der Waals surface area contributed by atoms with Crippen molar-refractivity contribution >= 4 is 17.4 Å². The van der Waals surface area contributed by atoms with Crippen LogP contribution in [0.3, 0.4) is 0 Å². The molecule has 1 heterocycles. The maximum absolute atomic E-state index is 2.38. The molecule has 13 heavy (non-hydrogen) atoms. The molecule has 68 valence electrons. The molecule has 0 saturated heterocycles. The van der Waals surface area contributed by atoms with E-state index >= 15 is 0 Å². The van der Waals surface area contributed by atoms with Gasteiger partial charge in [0.15, 0.2) is 0 Å². The average molecular weight is 191 g/mol. The van der Waals surface area contributed by atoms with Crippen molar-refractivity contribution in [3.05, 3.63) is 36.4 Å². The van der Waals surface area contributed by atoms with E-state index in [4.69, 9.17) is 0 Å². The van der Waals surface area contributed by atoms with Crippen molar-refractivity contribution in [1.29, 1.82) is 0 Å². The fourth-order valence-electron chi connectivity index (χ4n) is 1.57. The molecule has 1 aliphatic rings. The first kappa shape index (κ1) is 8.70. The average Bonchev–Trinajstić information content (AvgIpc) is 2.70. The summed E-state index contributed by atoms with van der Waals surface area (Å²) in [6.07, 6.45) is 6.57. The van der Waals surface area contributed by atoms with Gasteiger partial charge in [0.25, 0.3) is 0 Å². The van der Waals surface area contributed by atoms with Crippen molar-refractivity contribution in [2.75, 3.05) is 24.2 Å². The molecule has 0 unspecified atom stereocenters. The normalized spacial score (nSPS) is 15.3. The molecular weight excluding hydrogens is 178 g/mol. The summed E-state index contributed by atoms with van der Waals surface area (Å²) in [7, 11) is 0. The predicted octanol–water partition coefficient (Wildman–Crippen LogP) is 2.78. The molecule has 1 aliphatic heterocycles. The Labute approximate surface area is 83.4 Å². The molecule has 0 amide bonds. The van der Waals surface area contributed by atoms with Crippen LogP contribution in [-0.4, -0.2) is 19.3 Å². The smallest absolute Gasteiger partial charge is 0.0509 e. The van der Waals surface area contributed by atoms with Crippen molar-refractivity contribution in [2.45, 2.75) is 4.90 Å². The van der Waals surface area contributed by atoms with Gasteiger partial charge in [-0.3, -0.25) is 0 Å². The minimum absolute atomic E-state index is 1.05. The van der Waals surface area contributed by atoms with E-state index in [-0.39, 0.29) is 0 Å². The summed E-state index contributed by atoms with van der Waals surface area (Å²) >= 11 is 1.81. The van der Waals surface area contributed by atoms with E-state index in [2.05, 4.69) is 47.6 Å². The van der Waals surface area contributed by atoms with Gasteiger partial charge in [0, 0.05) is 18.0 Å². The molecule has 2 heteroatoms. The summed E-state index contributed by atoms with van der Waals surface area (Å²) in [5, 5.41) is 0. The lowest BCUT2D eigenvalue weighted by Gasteiger charge is -2.20. The molecule has 1 aromatic carbocycles. The second-order valence-electron chi connectivity index (χ2n) is 3.05. The third-order valence-corrected chi connectivity index (χ3v) is 3.03. The van der Waals surface area contributed by atoms with Gasteiger partial charge in [-0.05, 0) is 18.4 Å². The monoisotopic (exact) mass is 191 g/mol. The lowest BCUT2D eigenvalue weighted by Crippen LogP contribution is -2.18. The molecule has 0 N–H and O–H groups in total. The minimum atomic E-state index is 1.05. The number of benzene rings is 1. The van der Waals surface area contributed by atoms with Crippen molar-refractivity contribution in [3.8, 4) is 0 Å². The van der Waals surface area contributed by atoms with Crippen LogP contribution >= 0.6 is 11.8 Å². The van der Waals surface area contributed by atoms with Crippen LogP contribution in [-0.2, 0) is 0 Å². The third-order valence-electron chi connectivity index (χ3n) is 2.24. The van der Waals surface area contributed by atoms with Gasteiger partial charge in [0.1, 0.15) is 0 Å². The maximum atomic E-state index is 2.38. The first-order valence-electron chi connectivity index (χ1n) is 4.45. The Morgan fingerprint density at radius 3 is 2.54 bits per heavy atom. The van der Waals surface area contributed by atoms with Gasteiger partial charge in [-0.1, -0.05) is 24.3 Å². The Bertz CT molecular complexity index is 312. The summed E-state index contributed by atoms with van der Waals surface area (Å²) in [5.41, 5.74) is 1.36. The van der Waals surface area contributed by atoms with Gasteiger partial charge in [-0.2, -0.15) is 0 Å². The summed E-state index contributed by atoms with van der Waals surface area (Å²) < 4.78 is 0. The van der Waals surface area contributed by atoms with Crippen LogP contribution in [0.4, 0.5) is 5.69 Å². The van der Waals surface area contributed by atoms with Crippen LogP contribution in [0.2, 0.25) is 0 Å². The number of nitrogens with zero attached hydrogens (tertiary/aromatic N) is 1. The first-order chi connectivity index (χ1) is 6.42.